The number of morpholine rings is 1. The minimum atomic E-state index is -3.50. The zero-order chi connectivity index (χ0) is 25.0. The van der Waals surface area contributed by atoms with Crippen LogP contribution in [0, 0.1) is 10.1 Å². The molecule has 3 aromatic rings. The molecule has 10 nitrogen and oxygen atoms in total. The van der Waals surface area contributed by atoms with E-state index in [0.717, 1.165) is 19.3 Å². The van der Waals surface area contributed by atoms with Gasteiger partial charge in [-0.15, -0.1) is 0 Å². The Kier molecular flexibility index (Phi) is 7.55. The number of amides is 1. The van der Waals surface area contributed by atoms with Crippen molar-refractivity contribution in [2.24, 2.45) is 0 Å². The monoisotopic (exact) mass is 516 g/mol. The highest BCUT2D eigenvalue weighted by atomic mass is 32.2. The number of ether oxygens (including phenoxy) is 1. The summed E-state index contributed by atoms with van der Waals surface area (Å²) in [7, 11) is -3.50. The number of nitro benzene ring substituents is 1. The van der Waals surface area contributed by atoms with Crippen molar-refractivity contribution in [1.82, 2.24) is 9.88 Å². The normalized spacial score (nSPS) is 15.0. The Morgan fingerprint density at radius 3 is 2.71 bits per heavy atom. The first-order valence-electron chi connectivity index (χ1n) is 10.9. The standard InChI is InChI=1S/C23H24N4O6S2/c1-35(31,32)20-7-3-6-19-22(20)24-23(34-19)26(11-10-25-12-14-33-15-13-25)21(28)9-8-17-4-2-5-18(16-17)27(29)30/h2-9,16H,10-15H2,1H3. The summed E-state index contributed by atoms with van der Waals surface area (Å²) in [5, 5.41) is 11.4. The summed E-state index contributed by atoms with van der Waals surface area (Å²) in [6.45, 7) is 3.69. The molecule has 2 aromatic carbocycles. The molecular weight excluding hydrogens is 492 g/mol. The van der Waals surface area contributed by atoms with E-state index < -0.39 is 14.8 Å². The Balaban J connectivity index is 1.65. The van der Waals surface area contributed by atoms with E-state index in [-0.39, 0.29) is 16.5 Å². The van der Waals surface area contributed by atoms with Crippen LogP contribution in [0.5, 0.6) is 0 Å². The number of para-hydroxylation sites is 1. The fourth-order valence-electron chi connectivity index (χ4n) is 3.69. The highest BCUT2D eigenvalue weighted by Gasteiger charge is 2.22. The van der Waals surface area contributed by atoms with Gasteiger partial charge < -0.3 is 4.74 Å². The van der Waals surface area contributed by atoms with Gasteiger partial charge in [-0.1, -0.05) is 29.5 Å². The number of nitrogens with zero attached hydrogens (tertiary/aromatic N) is 4. The molecule has 0 atom stereocenters. The number of rotatable bonds is 8. The van der Waals surface area contributed by atoms with Crippen molar-refractivity contribution in [2.75, 3.05) is 50.5 Å². The fourth-order valence-corrected chi connectivity index (χ4v) is 5.61. The average Bonchev–Trinajstić information content (AvgIpc) is 3.27. The summed E-state index contributed by atoms with van der Waals surface area (Å²) < 4.78 is 30.5. The molecule has 1 saturated heterocycles. The molecule has 1 fully saturated rings. The van der Waals surface area contributed by atoms with E-state index >= 15 is 0 Å². The van der Waals surface area contributed by atoms with Crippen molar-refractivity contribution in [3.63, 3.8) is 0 Å². The molecule has 35 heavy (non-hydrogen) atoms. The van der Waals surface area contributed by atoms with Gasteiger partial charge in [0.1, 0.15) is 5.52 Å². The van der Waals surface area contributed by atoms with Crippen molar-refractivity contribution < 1.29 is 22.9 Å². The van der Waals surface area contributed by atoms with E-state index in [1.165, 1.54) is 46.6 Å². The van der Waals surface area contributed by atoms with Crippen LogP contribution >= 0.6 is 11.3 Å². The molecule has 0 radical (unpaired) electrons. The number of sulfone groups is 1. The molecule has 4 rings (SSSR count). The second-order valence-corrected chi connectivity index (χ2v) is 11.0. The molecule has 1 aromatic heterocycles. The van der Waals surface area contributed by atoms with Gasteiger partial charge in [-0.25, -0.2) is 13.4 Å². The molecule has 0 saturated carbocycles. The maximum Gasteiger partial charge on any atom is 0.270 e. The molecule has 2 heterocycles. The van der Waals surface area contributed by atoms with E-state index in [2.05, 4.69) is 9.88 Å². The summed E-state index contributed by atoms with van der Waals surface area (Å²) in [4.78, 5) is 32.2. The van der Waals surface area contributed by atoms with Crippen molar-refractivity contribution in [1.29, 1.82) is 0 Å². The molecule has 0 spiro atoms. The van der Waals surface area contributed by atoms with Crippen LogP contribution in [0.1, 0.15) is 5.56 Å². The third-order valence-corrected chi connectivity index (χ3v) is 7.68. The number of non-ortho nitro benzene ring substituents is 1. The van der Waals surface area contributed by atoms with Crippen molar-refractivity contribution in [2.45, 2.75) is 4.90 Å². The van der Waals surface area contributed by atoms with Crippen LogP contribution in [0.3, 0.4) is 0 Å². The average molecular weight is 517 g/mol. The first-order chi connectivity index (χ1) is 16.7. The summed E-state index contributed by atoms with van der Waals surface area (Å²) in [6, 6.07) is 10.9. The first kappa shape index (κ1) is 24.9. The lowest BCUT2D eigenvalue weighted by Gasteiger charge is -2.28. The SMILES string of the molecule is CS(=O)(=O)c1cccc2sc(N(CCN3CCOCC3)C(=O)C=Cc3cccc([N+](=O)[O-])c3)nc12. The molecule has 12 heteroatoms. The quantitative estimate of drug-likeness (QED) is 0.254. The molecular formula is C23H24N4O6S2. The van der Waals surface area contributed by atoms with Crippen LogP contribution in [0.2, 0.25) is 0 Å². The predicted octanol–water partition coefficient (Wildman–Crippen LogP) is 2.99. The number of fused-ring (bicyclic) bond motifs is 1. The van der Waals surface area contributed by atoms with Gasteiger partial charge in [0.25, 0.3) is 11.6 Å². The summed E-state index contributed by atoms with van der Waals surface area (Å²) in [5.41, 5.74) is 0.787. The van der Waals surface area contributed by atoms with Gasteiger partial charge >= 0.3 is 0 Å². The molecule has 0 bridgehead atoms. The molecule has 0 aliphatic carbocycles. The Hall–Kier alpha value is -3.19. The number of benzene rings is 2. The molecule has 1 amide bonds. The molecule has 1 aliphatic rings. The topological polar surface area (TPSA) is 123 Å². The fraction of sp³-hybridized carbons (Fsp3) is 0.304. The minimum absolute atomic E-state index is 0.0664. The number of hydrogen-bond donors (Lipinski definition) is 0. The van der Waals surface area contributed by atoms with Gasteiger partial charge in [0, 0.05) is 50.6 Å². The lowest BCUT2D eigenvalue weighted by molar-refractivity contribution is -0.384. The van der Waals surface area contributed by atoms with Gasteiger partial charge in [0.05, 0.1) is 27.7 Å². The smallest absolute Gasteiger partial charge is 0.270 e. The number of aromatic nitrogens is 1. The van der Waals surface area contributed by atoms with Gasteiger partial charge in [-0.2, -0.15) is 0 Å². The lowest BCUT2D eigenvalue weighted by atomic mass is 10.2. The minimum Gasteiger partial charge on any atom is -0.379 e. The van der Waals surface area contributed by atoms with E-state index in [9.17, 15) is 23.3 Å². The molecule has 184 valence electrons. The lowest BCUT2D eigenvalue weighted by Crippen LogP contribution is -2.42. The molecule has 0 unspecified atom stereocenters. The van der Waals surface area contributed by atoms with Crippen LogP contribution in [0.4, 0.5) is 10.8 Å². The van der Waals surface area contributed by atoms with Crippen LogP contribution in [-0.2, 0) is 19.4 Å². The zero-order valence-electron chi connectivity index (χ0n) is 19.0. The van der Waals surface area contributed by atoms with Crippen molar-refractivity contribution in [3.05, 3.63) is 64.2 Å². The molecule has 0 N–H and O–H groups in total. The first-order valence-corrected chi connectivity index (χ1v) is 13.6. The van der Waals surface area contributed by atoms with Gasteiger partial charge in [0.2, 0.25) is 0 Å². The Labute approximate surface area is 206 Å². The third kappa shape index (κ3) is 6.09. The number of thiazole rings is 1. The van der Waals surface area contributed by atoms with E-state index in [1.54, 1.807) is 24.3 Å². The van der Waals surface area contributed by atoms with E-state index in [0.29, 0.717) is 47.2 Å². The zero-order valence-corrected chi connectivity index (χ0v) is 20.6. The van der Waals surface area contributed by atoms with E-state index in [1.807, 2.05) is 0 Å². The highest BCUT2D eigenvalue weighted by Crippen LogP contribution is 2.33. The number of carbonyl (C=O) groups excluding carboxylic acids is 1. The van der Waals surface area contributed by atoms with Crippen LogP contribution in [0.15, 0.2) is 53.4 Å². The Morgan fingerprint density at radius 2 is 2.00 bits per heavy atom. The Morgan fingerprint density at radius 1 is 1.26 bits per heavy atom. The van der Waals surface area contributed by atoms with Crippen molar-refractivity contribution >= 4 is 54.2 Å². The van der Waals surface area contributed by atoms with E-state index in [4.69, 9.17) is 4.74 Å². The molecule has 1 aliphatic heterocycles. The second-order valence-electron chi connectivity index (χ2n) is 8.00. The van der Waals surface area contributed by atoms with Gasteiger partial charge in [-0.05, 0) is 23.8 Å². The third-order valence-electron chi connectivity index (χ3n) is 5.51. The summed E-state index contributed by atoms with van der Waals surface area (Å²) >= 11 is 1.24. The number of nitro groups is 1. The van der Waals surface area contributed by atoms with Crippen LogP contribution in [-0.4, -0.2) is 74.8 Å². The predicted molar refractivity (Wildman–Crippen MR) is 134 cm³/mol. The summed E-state index contributed by atoms with van der Waals surface area (Å²) in [6.07, 6.45) is 4.00. The Bertz CT molecular complexity index is 1380. The maximum absolute atomic E-state index is 13.3. The number of hydrogen-bond acceptors (Lipinski definition) is 9. The van der Waals surface area contributed by atoms with Crippen LogP contribution in [0.25, 0.3) is 16.3 Å². The number of carbonyl (C=O) groups is 1. The van der Waals surface area contributed by atoms with Crippen molar-refractivity contribution in [3.8, 4) is 0 Å². The summed E-state index contributed by atoms with van der Waals surface area (Å²) in [5.74, 6) is -0.357. The number of anilines is 1. The van der Waals surface area contributed by atoms with Gasteiger partial charge in [-0.3, -0.25) is 24.7 Å². The maximum atomic E-state index is 13.3. The largest absolute Gasteiger partial charge is 0.379 e. The second kappa shape index (κ2) is 10.6. The van der Waals surface area contributed by atoms with Crippen LogP contribution < -0.4 is 4.90 Å². The van der Waals surface area contributed by atoms with Gasteiger partial charge in [0.15, 0.2) is 15.0 Å². The highest BCUT2D eigenvalue weighted by molar-refractivity contribution is 7.91.